The molecule has 0 aliphatic carbocycles. The maximum absolute atomic E-state index is 2.45. The van der Waals surface area contributed by atoms with Crippen molar-refractivity contribution in [2.24, 2.45) is 5.92 Å². The van der Waals surface area contributed by atoms with E-state index in [0.717, 1.165) is 5.92 Å². The Morgan fingerprint density at radius 1 is 0.349 bits per heavy atom. The number of allylic oxidation sites excluding steroid dienone is 4. The van der Waals surface area contributed by atoms with Crippen molar-refractivity contribution in [1.82, 2.24) is 4.90 Å². The summed E-state index contributed by atoms with van der Waals surface area (Å²) in [6.45, 7) is 5.89. The second kappa shape index (κ2) is 37.6. The molecule has 0 bridgehead atoms. The average Bonchev–Trinajstić information content (AvgIpc) is 2.99. The number of nitrogens with zero attached hydrogens (tertiary/aromatic N) is 1. The van der Waals surface area contributed by atoms with Crippen LogP contribution in [0.5, 0.6) is 0 Å². The van der Waals surface area contributed by atoms with Crippen LogP contribution in [-0.2, 0) is 0 Å². The Labute approximate surface area is 274 Å². The van der Waals surface area contributed by atoms with E-state index in [9.17, 15) is 0 Å². The van der Waals surface area contributed by atoms with Crippen molar-refractivity contribution >= 4 is 0 Å². The molecule has 1 unspecified atom stereocenters. The molecule has 0 aromatic rings. The third-order valence-corrected chi connectivity index (χ3v) is 9.37. The molecule has 0 aromatic heterocycles. The van der Waals surface area contributed by atoms with Crippen LogP contribution in [-0.4, -0.2) is 25.5 Å². The first-order valence-corrected chi connectivity index (χ1v) is 20.1. The fourth-order valence-electron chi connectivity index (χ4n) is 6.56. The summed E-state index contributed by atoms with van der Waals surface area (Å²) in [5.41, 5.74) is 0. The summed E-state index contributed by atoms with van der Waals surface area (Å²) in [4.78, 5) is 2.43. The molecule has 1 nitrogen and oxygen atoms in total. The van der Waals surface area contributed by atoms with Crippen LogP contribution >= 0.6 is 0 Å². The first-order valence-electron chi connectivity index (χ1n) is 20.1. The molecule has 0 rings (SSSR count). The lowest BCUT2D eigenvalue weighted by molar-refractivity contribution is 0.286. The topological polar surface area (TPSA) is 3.24 Å². The number of unbranched alkanes of at least 4 members (excludes halogenated alkanes) is 26. The van der Waals surface area contributed by atoms with Crippen LogP contribution < -0.4 is 0 Å². The third kappa shape index (κ3) is 37.5. The summed E-state index contributed by atoms with van der Waals surface area (Å²) < 4.78 is 0. The average molecular weight is 602 g/mol. The lowest BCUT2D eigenvalue weighted by Crippen LogP contribution is -2.21. The highest BCUT2D eigenvalue weighted by Gasteiger charge is 2.09. The quantitative estimate of drug-likeness (QED) is 0.0510. The summed E-state index contributed by atoms with van der Waals surface area (Å²) in [5.74, 6) is 0.917. The zero-order chi connectivity index (χ0) is 31.3. The first-order chi connectivity index (χ1) is 21.2. The summed E-state index contributed by atoms with van der Waals surface area (Å²) in [5, 5.41) is 0. The van der Waals surface area contributed by atoms with Crippen molar-refractivity contribution in [3.63, 3.8) is 0 Å². The molecule has 0 amide bonds. The minimum atomic E-state index is 0.917. The normalized spacial score (nSPS) is 12.9. The van der Waals surface area contributed by atoms with Crippen LogP contribution in [0, 0.1) is 5.92 Å². The second-order valence-electron chi connectivity index (χ2n) is 14.3. The SMILES string of the molecule is CCCCCCCCC=CCCCCCCCCCCC(CCCCCCCC/C=C/CCCCCCCC)CN(C)C. The number of rotatable bonds is 36. The van der Waals surface area contributed by atoms with E-state index in [4.69, 9.17) is 0 Å². The van der Waals surface area contributed by atoms with E-state index in [1.165, 1.54) is 212 Å². The van der Waals surface area contributed by atoms with Crippen LogP contribution in [0.2, 0.25) is 0 Å². The minimum Gasteiger partial charge on any atom is -0.309 e. The summed E-state index contributed by atoms with van der Waals surface area (Å²) in [7, 11) is 4.53. The molecule has 256 valence electrons. The first kappa shape index (κ1) is 42.4. The Morgan fingerprint density at radius 2 is 0.605 bits per heavy atom. The highest BCUT2D eigenvalue weighted by atomic mass is 15.1. The van der Waals surface area contributed by atoms with Gasteiger partial charge < -0.3 is 4.90 Å². The van der Waals surface area contributed by atoms with Crippen LogP contribution in [0.15, 0.2) is 24.3 Å². The van der Waals surface area contributed by atoms with Gasteiger partial charge in [0, 0.05) is 6.54 Å². The zero-order valence-corrected chi connectivity index (χ0v) is 30.7. The smallest absolute Gasteiger partial charge is 0.000356 e. The molecular formula is C42H83N. The fourth-order valence-corrected chi connectivity index (χ4v) is 6.56. The fraction of sp³-hybridized carbons (Fsp3) is 0.905. The van der Waals surface area contributed by atoms with Crippen LogP contribution in [0.3, 0.4) is 0 Å². The molecular weight excluding hydrogens is 518 g/mol. The molecule has 43 heavy (non-hydrogen) atoms. The third-order valence-electron chi connectivity index (χ3n) is 9.37. The number of hydrogen-bond donors (Lipinski definition) is 0. The molecule has 0 aliphatic heterocycles. The van der Waals surface area contributed by atoms with Gasteiger partial charge in [-0.15, -0.1) is 0 Å². The molecule has 0 aromatic carbocycles. The molecule has 0 saturated heterocycles. The molecule has 1 heteroatoms. The van der Waals surface area contributed by atoms with Gasteiger partial charge in [-0.2, -0.15) is 0 Å². The van der Waals surface area contributed by atoms with Gasteiger partial charge in [0.05, 0.1) is 0 Å². The zero-order valence-electron chi connectivity index (χ0n) is 30.7. The predicted octanol–water partition coefficient (Wildman–Crippen LogP) is 14.8. The highest BCUT2D eigenvalue weighted by molar-refractivity contribution is 4.82. The predicted molar refractivity (Wildman–Crippen MR) is 199 cm³/mol. The van der Waals surface area contributed by atoms with Gasteiger partial charge in [0.25, 0.3) is 0 Å². The maximum atomic E-state index is 2.45. The van der Waals surface area contributed by atoms with Gasteiger partial charge in [-0.05, 0) is 84.2 Å². The van der Waals surface area contributed by atoms with E-state index in [2.05, 4.69) is 57.1 Å². The van der Waals surface area contributed by atoms with E-state index in [-0.39, 0.29) is 0 Å². The Bertz CT molecular complexity index is 547. The van der Waals surface area contributed by atoms with Gasteiger partial charge in [0.1, 0.15) is 0 Å². The van der Waals surface area contributed by atoms with Crippen molar-refractivity contribution in [2.75, 3.05) is 20.6 Å². The van der Waals surface area contributed by atoms with Crippen molar-refractivity contribution in [1.29, 1.82) is 0 Å². The van der Waals surface area contributed by atoms with E-state index in [1.807, 2.05) is 0 Å². The lowest BCUT2D eigenvalue weighted by Gasteiger charge is -2.21. The van der Waals surface area contributed by atoms with Gasteiger partial charge >= 0.3 is 0 Å². The molecule has 0 heterocycles. The van der Waals surface area contributed by atoms with E-state index in [1.54, 1.807) is 0 Å². The van der Waals surface area contributed by atoms with E-state index < -0.39 is 0 Å². The second-order valence-corrected chi connectivity index (χ2v) is 14.3. The molecule has 0 fully saturated rings. The van der Waals surface area contributed by atoms with Gasteiger partial charge in [-0.1, -0.05) is 179 Å². The van der Waals surface area contributed by atoms with E-state index in [0.29, 0.717) is 0 Å². The molecule has 0 radical (unpaired) electrons. The van der Waals surface area contributed by atoms with E-state index >= 15 is 0 Å². The molecule has 0 aliphatic rings. The summed E-state index contributed by atoms with van der Waals surface area (Å²) in [6.07, 6.45) is 55.1. The maximum Gasteiger partial charge on any atom is 0.000356 e. The van der Waals surface area contributed by atoms with Crippen molar-refractivity contribution < 1.29 is 0 Å². The molecule has 0 saturated carbocycles. The van der Waals surface area contributed by atoms with Crippen LogP contribution in [0.25, 0.3) is 0 Å². The van der Waals surface area contributed by atoms with Crippen molar-refractivity contribution in [3.05, 3.63) is 24.3 Å². The van der Waals surface area contributed by atoms with Crippen LogP contribution in [0.1, 0.15) is 219 Å². The van der Waals surface area contributed by atoms with Crippen LogP contribution in [0.4, 0.5) is 0 Å². The minimum absolute atomic E-state index is 0.917. The Hall–Kier alpha value is -0.560. The molecule has 0 N–H and O–H groups in total. The molecule has 0 spiro atoms. The highest BCUT2D eigenvalue weighted by Crippen LogP contribution is 2.20. The molecule has 1 atom stereocenters. The van der Waals surface area contributed by atoms with Gasteiger partial charge in [0.15, 0.2) is 0 Å². The summed E-state index contributed by atoms with van der Waals surface area (Å²) >= 11 is 0. The Morgan fingerprint density at radius 3 is 0.884 bits per heavy atom. The Kier molecular flexibility index (Phi) is 37.1. The van der Waals surface area contributed by atoms with Gasteiger partial charge in [0.2, 0.25) is 0 Å². The largest absolute Gasteiger partial charge is 0.309 e. The van der Waals surface area contributed by atoms with Crippen molar-refractivity contribution in [2.45, 2.75) is 219 Å². The van der Waals surface area contributed by atoms with Gasteiger partial charge in [-0.3, -0.25) is 0 Å². The van der Waals surface area contributed by atoms with Crippen molar-refractivity contribution in [3.8, 4) is 0 Å². The van der Waals surface area contributed by atoms with Gasteiger partial charge in [-0.25, -0.2) is 0 Å². The Balaban J connectivity index is 3.53. The standard InChI is InChI=1S/C42H83N/c1-5-7-9-11-13-15-17-19-21-23-24-26-28-30-32-34-36-38-40-42(41-43(3)4)39-37-35-33-31-29-27-25-22-20-18-16-14-12-10-8-6-2/h19-22,42H,5-18,23-41H2,1-4H3/b21-19?,22-20+. The lowest BCUT2D eigenvalue weighted by atomic mass is 9.93. The summed E-state index contributed by atoms with van der Waals surface area (Å²) in [6, 6.07) is 0. The number of hydrogen-bond acceptors (Lipinski definition) is 1. The monoisotopic (exact) mass is 602 g/mol.